The number of aryl methyl sites for hydroxylation is 1. The lowest BCUT2D eigenvalue weighted by molar-refractivity contribution is -0.120. The highest BCUT2D eigenvalue weighted by atomic mass is 19.4. The van der Waals surface area contributed by atoms with E-state index in [1.54, 1.807) is 18.2 Å². The number of ketones is 1. The van der Waals surface area contributed by atoms with Gasteiger partial charge < -0.3 is 16.0 Å². The van der Waals surface area contributed by atoms with Gasteiger partial charge in [0.25, 0.3) is 5.91 Å². The second kappa shape index (κ2) is 9.05. The zero-order valence-corrected chi connectivity index (χ0v) is 18.7. The number of Topliss-reactive ketones (excluding diaryl/α,β-unsaturated/α-hetero) is 1. The molecule has 2 heterocycles. The number of amides is 1. The first-order chi connectivity index (χ1) is 14.8. The number of carbonyl (C=O) groups excluding carboxylic acids is 2. The molecule has 0 radical (unpaired) electrons. The molecule has 1 unspecified atom stereocenters. The van der Waals surface area contributed by atoms with Crippen molar-refractivity contribution in [1.82, 2.24) is 15.6 Å². The van der Waals surface area contributed by atoms with E-state index in [9.17, 15) is 22.8 Å². The number of halogens is 3. The van der Waals surface area contributed by atoms with Gasteiger partial charge in [-0.1, -0.05) is 20.8 Å². The molecule has 1 aliphatic rings. The van der Waals surface area contributed by atoms with Gasteiger partial charge >= 0.3 is 6.18 Å². The Morgan fingerprint density at radius 1 is 1.22 bits per heavy atom. The van der Waals surface area contributed by atoms with Crippen LogP contribution >= 0.6 is 0 Å². The van der Waals surface area contributed by atoms with Crippen molar-refractivity contribution in [2.24, 2.45) is 0 Å². The summed E-state index contributed by atoms with van der Waals surface area (Å²) in [4.78, 5) is 29.0. The maximum Gasteiger partial charge on any atom is 0.405 e. The van der Waals surface area contributed by atoms with Crippen LogP contribution in [0.1, 0.15) is 55.2 Å². The largest absolute Gasteiger partial charge is 0.405 e. The molecule has 3 N–H and O–H groups in total. The van der Waals surface area contributed by atoms with Crippen molar-refractivity contribution >= 4 is 28.3 Å². The monoisotopic (exact) mass is 450 g/mol. The van der Waals surface area contributed by atoms with Crippen LogP contribution in [0.4, 0.5) is 18.9 Å². The Balaban J connectivity index is 1.91. The molecule has 1 saturated heterocycles. The second-order valence-electron chi connectivity index (χ2n) is 9.32. The third kappa shape index (κ3) is 5.97. The van der Waals surface area contributed by atoms with Gasteiger partial charge in [-0.25, -0.2) is 4.98 Å². The fraction of sp³-hybridized carbons (Fsp3) is 0.522. The molecule has 9 heteroatoms. The number of benzene rings is 1. The Hall–Kier alpha value is -2.68. The lowest BCUT2D eigenvalue weighted by atomic mass is 9.84. The average Bonchev–Trinajstić information content (AvgIpc) is 2.69. The van der Waals surface area contributed by atoms with Crippen molar-refractivity contribution in [2.45, 2.75) is 58.2 Å². The highest BCUT2D eigenvalue weighted by Gasteiger charge is 2.28. The molecule has 0 spiro atoms. The molecule has 1 aliphatic heterocycles. The zero-order valence-electron chi connectivity index (χ0n) is 18.7. The molecule has 32 heavy (non-hydrogen) atoms. The van der Waals surface area contributed by atoms with E-state index in [1.165, 1.54) is 0 Å². The van der Waals surface area contributed by atoms with Gasteiger partial charge in [-0.2, -0.15) is 13.2 Å². The average molecular weight is 451 g/mol. The third-order valence-electron chi connectivity index (χ3n) is 5.47. The summed E-state index contributed by atoms with van der Waals surface area (Å²) in [5, 5.41) is 9.19. The molecule has 1 aromatic heterocycles. The molecule has 2 aromatic rings. The molecule has 0 saturated carbocycles. The van der Waals surface area contributed by atoms with Gasteiger partial charge in [0.2, 0.25) is 0 Å². The van der Waals surface area contributed by atoms with Gasteiger partial charge in [0, 0.05) is 43.0 Å². The number of alkyl halides is 3. The summed E-state index contributed by atoms with van der Waals surface area (Å²) in [6.07, 6.45) is -3.44. The predicted molar refractivity (Wildman–Crippen MR) is 118 cm³/mol. The standard InChI is InChI=1S/C23H29F3N4O2/c1-13-7-19(21(32)28-11-15-8-16(31)5-6-27-15)30-20-17(13)9-14(29-12-23(24,25)26)10-18(20)22(2,3)4/h7,9-10,15,27,29H,5-6,8,11-12H2,1-4H3,(H,28,32). The minimum absolute atomic E-state index is 0.103. The molecule has 1 amide bonds. The molecule has 0 bridgehead atoms. The number of fused-ring (bicyclic) bond motifs is 1. The Labute approximate surface area is 185 Å². The summed E-state index contributed by atoms with van der Waals surface area (Å²) < 4.78 is 38.1. The number of pyridine rings is 1. The normalized spacial score (nSPS) is 17.5. The number of carbonyl (C=O) groups is 2. The number of aromatic nitrogens is 1. The van der Waals surface area contributed by atoms with Crippen LogP contribution in [-0.4, -0.2) is 48.5 Å². The van der Waals surface area contributed by atoms with E-state index in [0.717, 1.165) is 11.1 Å². The van der Waals surface area contributed by atoms with Crippen LogP contribution in [-0.2, 0) is 10.2 Å². The summed E-state index contributed by atoms with van der Waals surface area (Å²) in [7, 11) is 0. The van der Waals surface area contributed by atoms with E-state index in [2.05, 4.69) is 20.9 Å². The first-order valence-corrected chi connectivity index (χ1v) is 10.6. The van der Waals surface area contributed by atoms with Gasteiger partial charge in [-0.3, -0.25) is 9.59 Å². The first-order valence-electron chi connectivity index (χ1n) is 10.6. The SMILES string of the molecule is Cc1cc(C(=O)NCC2CC(=O)CCN2)nc2c(C(C)(C)C)cc(NCC(F)(F)F)cc12. The van der Waals surface area contributed by atoms with Gasteiger partial charge in [0.15, 0.2) is 0 Å². The predicted octanol–water partition coefficient (Wildman–Crippen LogP) is 3.87. The van der Waals surface area contributed by atoms with Crippen LogP contribution in [0.15, 0.2) is 18.2 Å². The van der Waals surface area contributed by atoms with E-state index in [0.29, 0.717) is 42.5 Å². The summed E-state index contributed by atoms with van der Waals surface area (Å²) >= 11 is 0. The number of nitrogens with zero attached hydrogens (tertiary/aromatic N) is 1. The maximum atomic E-state index is 12.8. The van der Waals surface area contributed by atoms with Crippen LogP contribution < -0.4 is 16.0 Å². The van der Waals surface area contributed by atoms with Crippen LogP contribution in [0.5, 0.6) is 0 Å². The molecule has 174 valence electrons. The van der Waals surface area contributed by atoms with Gasteiger partial charge in [0.1, 0.15) is 18.0 Å². The smallest absolute Gasteiger partial charge is 0.376 e. The molecule has 3 rings (SSSR count). The number of hydrogen-bond acceptors (Lipinski definition) is 5. The van der Waals surface area contributed by atoms with Crippen LogP contribution in [0.25, 0.3) is 10.9 Å². The van der Waals surface area contributed by atoms with E-state index in [-0.39, 0.29) is 23.4 Å². The fourth-order valence-corrected chi connectivity index (χ4v) is 3.80. The summed E-state index contributed by atoms with van der Waals surface area (Å²) in [6, 6.07) is 4.84. The molecular weight excluding hydrogens is 421 g/mol. The number of anilines is 1. The summed E-state index contributed by atoms with van der Waals surface area (Å²) in [5.74, 6) is -0.179. The van der Waals surface area contributed by atoms with Crippen LogP contribution in [0, 0.1) is 6.92 Å². The Morgan fingerprint density at radius 2 is 1.94 bits per heavy atom. The number of piperidine rings is 1. The molecule has 1 atom stereocenters. The lowest BCUT2D eigenvalue weighted by Gasteiger charge is -2.24. The Bertz CT molecular complexity index is 1030. The number of hydrogen-bond donors (Lipinski definition) is 3. The van der Waals surface area contributed by atoms with Gasteiger partial charge in [0.05, 0.1) is 5.52 Å². The van der Waals surface area contributed by atoms with Crippen molar-refractivity contribution < 1.29 is 22.8 Å². The molecule has 0 aliphatic carbocycles. The third-order valence-corrected chi connectivity index (χ3v) is 5.47. The molecule has 1 aromatic carbocycles. The van der Waals surface area contributed by atoms with Crippen molar-refractivity contribution in [3.8, 4) is 0 Å². The molecule has 6 nitrogen and oxygen atoms in total. The highest BCUT2D eigenvalue weighted by molar-refractivity contribution is 5.97. The highest BCUT2D eigenvalue weighted by Crippen LogP contribution is 2.34. The Kier molecular flexibility index (Phi) is 6.78. The maximum absolute atomic E-state index is 12.8. The van der Waals surface area contributed by atoms with Crippen LogP contribution in [0.3, 0.4) is 0 Å². The summed E-state index contributed by atoms with van der Waals surface area (Å²) in [5.41, 5.74) is 2.26. The molecule has 1 fully saturated rings. The fourth-order valence-electron chi connectivity index (χ4n) is 3.80. The zero-order chi connectivity index (χ0) is 23.7. The summed E-state index contributed by atoms with van der Waals surface area (Å²) in [6.45, 7) is 7.44. The lowest BCUT2D eigenvalue weighted by Crippen LogP contribution is -2.46. The van der Waals surface area contributed by atoms with E-state index in [4.69, 9.17) is 0 Å². The van der Waals surface area contributed by atoms with Crippen molar-refractivity contribution in [3.05, 3.63) is 35.0 Å². The Morgan fingerprint density at radius 3 is 2.56 bits per heavy atom. The second-order valence-corrected chi connectivity index (χ2v) is 9.32. The van der Waals surface area contributed by atoms with E-state index >= 15 is 0 Å². The van der Waals surface area contributed by atoms with Crippen LogP contribution in [0.2, 0.25) is 0 Å². The number of rotatable bonds is 5. The minimum Gasteiger partial charge on any atom is -0.376 e. The topological polar surface area (TPSA) is 83.1 Å². The van der Waals surface area contributed by atoms with Crippen molar-refractivity contribution in [3.63, 3.8) is 0 Å². The quantitative estimate of drug-likeness (QED) is 0.644. The molecular formula is C23H29F3N4O2. The minimum atomic E-state index is -4.33. The first kappa shape index (κ1) is 24.0. The van der Waals surface area contributed by atoms with Gasteiger partial charge in [-0.15, -0.1) is 0 Å². The van der Waals surface area contributed by atoms with Gasteiger partial charge in [-0.05, 0) is 41.7 Å². The van der Waals surface area contributed by atoms with Crippen molar-refractivity contribution in [2.75, 3.05) is 25.0 Å². The van der Waals surface area contributed by atoms with Crippen molar-refractivity contribution in [1.29, 1.82) is 0 Å². The number of nitrogens with one attached hydrogen (secondary N) is 3. The van der Waals surface area contributed by atoms with E-state index in [1.807, 2.05) is 27.7 Å². The van der Waals surface area contributed by atoms with E-state index < -0.39 is 18.1 Å².